The first-order chi connectivity index (χ1) is 9.02. The predicted molar refractivity (Wildman–Crippen MR) is 79.1 cm³/mol. The molecule has 0 atom stereocenters. The Hall–Kier alpha value is -2.23. The SMILES string of the molecule is C=C(C)CN(CC)C(=O)c1cc2cccc(N)c2[nH]1. The van der Waals surface area contributed by atoms with E-state index in [1.54, 1.807) is 4.90 Å². The Labute approximate surface area is 112 Å². The molecule has 2 rings (SSSR count). The van der Waals surface area contributed by atoms with Gasteiger partial charge in [-0.1, -0.05) is 24.3 Å². The van der Waals surface area contributed by atoms with Crippen LogP contribution in [0, 0.1) is 0 Å². The summed E-state index contributed by atoms with van der Waals surface area (Å²) in [6.45, 7) is 8.94. The summed E-state index contributed by atoms with van der Waals surface area (Å²) in [5.41, 5.74) is 8.89. The van der Waals surface area contributed by atoms with Crippen LogP contribution in [0.4, 0.5) is 5.69 Å². The molecule has 1 amide bonds. The minimum absolute atomic E-state index is 0.0268. The third-order valence-corrected chi connectivity index (χ3v) is 3.05. The van der Waals surface area contributed by atoms with Gasteiger partial charge < -0.3 is 15.6 Å². The van der Waals surface area contributed by atoms with Gasteiger partial charge in [0.25, 0.3) is 5.91 Å². The van der Waals surface area contributed by atoms with Crippen molar-refractivity contribution in [2.75, 3.05) is 18.8 Å². The number of amides is 1. The van der Waals surface area contributed by atoms with Crippen LogP contribution < -0.4 is 5.73 Å². The second kappa shape index (κ2) is 5.18. The van der Waals surface area contributed by atoms with Crippen molar-refractivity contribution >= 4 is 22.5 Å². The number of rotatable bonds is 4. The van der Waals surface area contributed by atoms with Crippen LogP contribution in [0.1, 0.15) is 24.3 Å². The van der Waals surface area contributed by atoms with Crippen LogP contribution in [0.15, 0.2) is 36.4 Å². The highest BCUT2D eigenvalue weighted by molar-refractivity contribution is 6.00. The number of anilines is 1. The third-order valence-electron chi connectivity index (χ3n) is 3.05. The molecule has 0 saturated heterocycles. The molecule has 1 aromatic carbocycles. The van der Waals surface area contributed by atoms with Crippen molar-refractivity contribution < 1.29 is 4.79 Å². The number of carbonyl (C=O) groups excluding carboxylic acids is 1. The van der Waals surface area contributed by atoms with Crippen LogP contribution in [0.25, 0.3) is 10.9 Å². The van der Waals surface area contributed by atoms with Crippen molar-refractivity contribution in [3.63, 3.8) is 0 Å². The number of fused-ring (bicyclic) bond motifs is 1. The molecule has 0 spiro atoms. The fourth-order valence-electron chi connectivity index (χ4n) is 2.12. The lowest BCUT2D eigenvalue weighted by Gasteiger charge is -2.20. The van der Waals surface area contributed by atoms with Crippen LogP contribution in [-0.2, 0) is 0 Å². The van der Waals surface area contributed by atoms with E-state index in [1.807, 2.05) is 38.1 Å². The average Bonchev–Trinajstić information content (AvgIpc) is 2.80. The molecule has 0 bridgehead atoms. The van der Waals surface area contributed by atoms with E-state index in [2.05, 4.69) is 11.6 Å². The van der Waals surface area contributed by atoms with Gasteiger partial charge in [-0.2, -0.15) is 0 Å². The standard InChI is InChI=1S/C15H19N3O/c1-4-18(9-10(2)3)15(19)13-8-11-6-5-7-12(16)14(11)17-13/h5-8,17H,2,4,9,16H2,1,3H3. The summed E-state index contributed by atoms with van der Waals surface area (Å²) in [5.74, 6) is -0.0268. The number of likely N-dealkylation sites (N-methyl/N-ethyl adjacent to an activating group) is 1. The first kappa shape index (κ1) is 13.2. The lowest BCUT2D eigenvalue weighted by molar-refractivity contribution is 0.0773. The summed E-state index contributed by atoms with van der Waals surface area (Å²) in [4.78, 5) is 17.3. The summed E-state index contributed by atoms with van der Waals surface area (Å²) < 4.78 is 0. The maximum absolute atomic E-state index is 12.4. The van der Waals surface area contributed by atoms with Crippen molar-refractivity contribution in [1.82, 2.24) is 9.88 Å². The van der Waals surface area contributed by atoms with E-state index < -0.39 is 0 Å². The third kappa shape index (κ3) is 2.62. The molecule has 4 nitrogen and oxygen atoms in total. The fraction of sp³-hybridized carbons (Fsp3) is 0.267. The smallest absolute Gasteiger partial charge is 0.270 e. The first-order valence-corrected chi connectivity index (χ1v) is 6.33. The summed E-state index contributed by atoms with van der Waals surface area (Å²) in [6, 6.07) is 7.48. The molecular formula is C15H19N3O. The van der Waals surface area contributed by atoms with Gasteiger partial charge in [-0.25, -0.2) is 0 Å². The number of nitrogens with zero attached hydrogens (tertiary/aromatic N) is 1. The average molecular weight is 257 g/mol. The maximum Gasteiger partial charge on any atom is 0.270 e. The molecule has 0 fully saturated rings. The fourth-order valence-corrected chi connectivity index (χ4v) is 2.12. The number of hydrogen-bond donors (Lipinski definition) is 2. The Morgan fingerprint density at radius 2 is 2.21 bits per heavy atom. The number of aromatic nitrogens is 1. The van der Waals surface area contributed by atoms with E-state index in [0.29, 0.717) is 24.5 Å². The van der Waals surface area contributed by atoms with Crippen molar-refractivity contribution in [3.8, 4) is 0 Å². The van der Waals surface area contributed by atoms with Crippen molar-refractivity contribution in [1.29, 1.82) is 0 Å². The molecule has 100 valence electrons. The van der Waals surface area contributed by atoms with E-state index in [9.17, 15) is 4.79 Å². The van der Waals surface area contributed by atoms with Gasteiger partial charge in [0, 0.05) is 18.5 Å². The predicted octanol–water partition coefficient (Wildman–Crippen LogP) is 2.79. The van der Waals surface area contributed by atoms with Gasteiger partial charge >= 0.3 is 0 Å². The number of para-hydroxylation sites is 1. The molecular weight excluding hydrogens is 238 g/mol. The summed E-state index contributed by atoms with van der Waals surface area (Å²) in [5, 5.41) is 0.953. The summed E-state index contributed by atoms with van der Waals surface area (Å²) in [7, 11) is 0. The van der Waals surface area contributed by atoms with Gasteiger partial charge in [0.15, 0.2) is 0 Å². The molecule has 0 aliphatic carbocycles. The van der Waals surface area contributed by atoms with Gasteiger partial charge in [-0.3, -0.25) is 4.79 Å². The molecule has 1 heterocycles. The molecule has 19 heavy (non-hydrogen) atoms. The number of nitrogens with two attached hydrogens (primary N) is 1. The lowest BCUT2D eigenvalue weighted by Crippen LogP contribution is -2.32. The van der Waals surface area contributed by atoms with Crippen LogP contribution >= 0.6 is 0 Å². The molecule has 0 radical (unpaired) electrons. The monoisotopic (exact) mass is 257 g/mol. The number of hydrogen-bond acceptors (Lipinski definition) is 2. The number of H-pyrrole nitrogens is 1. The molecule has 3 N–H and O–H groups in total. The Bertz CT molecular complexity index is 627. The number of nitrogens with one attached hydrogen (secondary N) is 1. The van der Waals surface area contributed by atoms with E-state index in [-0.39, 0.29) is 5.91 Å². The first-order valence-electron chi connectivity index (χ1n) is 6.33. The van der Waals surface area contributed by atoms with Crippen LogP contribution in [0.2, 0.25) is 0 Å². The molecule has 2 aromatic rings. The second-order valence-corrected chi connectivity index (χ2v) is 4.77. The number of nitrogen functional groups attached to an aromatic ring is 1. The zero-order chi connectivity index (χ0) is 14.0. The van der Waals surface area contributed by atoms with E-state index in [1.165, 1.54) is 0 Å². The van der Waals surface area contributed by atoms with Gasteiger partial charge in [-0.05, 0) is 26.0 Å². The van der Waals surface area contributed by atoms with Gasteiger partial charge in [0.1, 0.15) is 5.69 Å². The zero-order valence-corrected chi connectivity index (χ0v) is 11.4. The maximum atomic E-state index is 12.4. The Morgan fingerprint density at radius 1 is 1.47 bits per heavy atom. The highest BCUT2D eigenvalue weighted by Crippen LogP contribution is 2.21. The van der Waals surface area contributed by atoms with Crippen molar-refractivity contribution in [3.05, 3.63) is 42.1 Å². The van der Waals surface area contributed by atoms with Gasteiger partial charge in [-0.15, -0.1) is 0 Å². The lowest BCUT2D eigenvalue weighted by atomic mass is 10.2. The number of aromatic amines is 1. The molecule has 0 aliphatic heterocycles. The quantitative estimate of drug-likeness (QED) is 0.653. The molecule has 0 saturated carbocycles. The largest absolute Gasteiger partial charge is 0.397 e. The normalized spacial score (nSPS) is 10.6. The minimum Gasteiger partial charge on any atom is -0.397 e. The van der Waals surface area contributed by atoms with Crippen LogP contribution in [0.3, 0.4) is 0 Å². The topological polar surface area (TPSA) is 62.1 Å². The number of benzene rings is 1. The van der Waals surface area contributed by atoms with E-state index >= 15 is 0 Å². The summed E-state index contributed by atoms with van der Waals surface area (Å²) >= 11 is 0. The highest BCUT2D eigenvalue weighted by atomic mass is 16.2. The van der Waals surface area contributed by atoms with Crippen molar-refractivity contribution in [2.24, 2.45) is 0 Å². The van der Waals surface area contributed by atoms with E-state index in [4.69, 9.17) is 5.73 Å². The molecule has 1 aromatic heterocycles. The molecule has 4 heteroatoms. The van der Waals surface area contributed by atoms with Crippen molar-refractivity contribution in [2.45, 2.75) is 13.8 Å². The molecule has 0 aliphatic rings. The Morgan fingerprint density at radius 3 is 2.79 bits per heavy atom. The van der Waals surface area contributed by atoms with E-state index in [0.717, 1.165) is 16.5 Å². The minimum atomic E-state index is -0.0268. The Balaban J connectivity index is 2.35. The van der Waals surface area contributed by atoms with Crippen LogP contribution in [-0.4, -0.2) is 28.9 Å². The zero-order valence-electron chi connectivity index (χ0n) is 11.4. The van der Waals surface area contributed by atoms with Gasteiger partial charge in [0.05, 0.1) is 11.2 Å². The van der Waals surface area contributed by atoms with Gasteiger partial charge in [0.2, 0.25) is 0 Å². The Kier molecular flexibility index (Phi) is 3.60. The number of carbonyl (C=O) groups is 1. The molecule has 0 unspecified atom stereocenters. The second-order valence-electron chi connectivity index (χ2n) is 4.77. The highest BCUT2D eigenvalue weighted by Gasteiger charge is 2.16. The summed E-state index contributed by atoms with van der Waals surface area (Å²) in [6.07, 6.45) is 0. The van der Waals surface area contributed by atoms with Crippen LogP contribution in [0.5, 0.6) is 0 Å².